The Bertz CT molecular complexity index is 145. The third-order valence-electron chi connectivity index (χ3n) is 0.698. The second kappa shape index (κ2) is 9.35. The minimum atomic E-state index is -2.91. The molecule has 0 spiro atoms. The molecule has 6 heteroatoms. The average Bonchev–Trinajstić information content (AvgIpc) is 1.84. The number of hydrogen-bond acceptors (Lipinski definition) is 3. The van der Waals surface area contributed by atoms with Crippen LogP contribution >= 0.6 is 29.6 Å². The molecule has 0 aromatic heterocycles. The number of halogens is 1. The fraction of sp³-hybridized carbons (Fsp3) is 1.00. The summed E-state index contributed by atoms with van der Waals surface area (Å²) in [5.41, 5.74) is 5.11. The van der Waals surface area contributed by atoms with Crippen molar-refractivity contribution in [2.24, 2.45) is 5.73 Å². The van der Waals surface area contributed by atoms with Crippen molar-refractivity contribution in [1.82, 2.24) is 0 Å². The Hall–Kier alpha value is 0.790. The molecule has 0 aromatic rings. The maximum absolute atomic E-state index is 10.8. The zero-order valence-electron chi connectivity index (χ0n) is 8.36. The van der Waals surface area contributed by atoms with Crippen molar-refractivity contribution in [2.75, 3.05) is 17.8 Å². The molecule has 0 saturated carbocycles. The molecule has 0 aliphatic heterocycles. The highest BCUT2D eigenvalue weighted by molar-refractivity contribution is 8.56. The number of nitrogens with two attached hydrogens (primary N) is 1. The van der Waals surface area contributed by atoms with Crippen molar-refractivity contribution >= 4 is 29.6 Å². The predicted molar refractivity (Wildman–Crippen MR) is 62.9 cm³/mol. The van der Waals surface area contributed by atoms with Crippen LogP contribution in [0, 0.1) is 0 Å². The molecule has 0 aromatic carbocycles. The van der Waals surface area contributed by atoms with E-state index in [1.807, 2.05) is 20.8 Å². The summed E-state index contributed by atoms with van der Waals surface area (Å²) in [6.45, 7) is 2.83. The van der Waals surface area contributed by atoms with Crippen LogP contribution in [0.4, 0.5) is 0 Å². The van der Waals surface area contributed by atoms with Gasteiger partial charge in [0.05, 0.1) is 0 Å². The normalized spacial score (nSPS) is 14.7. The van der Waals surface area contributed by atoms with E-state index in [9.17, 15) is 4.57 Å². The molecule has 82 valence electrons. The van der Waals surface area contributed by atoms with Gasteiger partial charge < -0.3 is 10.6 Å². The summed E-state index contributed by atoms with van der Waals surface area (Å²) in [4.78, 5) is 8.95. The Labute approximate surface area is 89.6 Å². The van der Waals surface area contributed by atoms with E-state index < -0.39 is 6.57 Å². The third kappa shape index (κ3) is 19.3. The Morgan fingerprint density at radius 2 is 2.00 bits per heavy atom. The number of alkyl halides is 1. The van der Waals surface area contributed by atoms with E-state index >= 15 is 0 Å². The van der Waals surface area contributed by atoms with Gasteiger partial charge in [-0.1, -0.05) is 32.2 Å². The van der Waals surface area contributed by atoms with E-state index in [0.717, 1.165) is 11.4 Å². The molecule has 0 saturated heterocycles. The van der Waals surface area contributed by atoms with Crippen LogP contribution < -0.4 is 5.73 Å². The van der Waals surface area contributed by atoms with Crippen LogP contribution in [0.1, 0.15) is 20.8 Å². The molecule has 0 bridgehead atoms. The second-order valence-electron chi connectivity index (χ2n) is 2.71. The van der Waals surface area contributed by atoms with Gasteiger partial charge in [0, 0.05) is 12.0 Å². The van der Waals surface area contributed by atoms with Gasteiger partial charge >= 0.3 is 0 Å². The SMILES string of the molecule is CC(C)N.CCSP(=O)(O)CCCl. The molecule has 3 N–H and O–H groups in total. The molecule has 1 atom stereocenters. The molecule has 0 rings (SSSR count). The van der Waals surface area contributed by atoms with E-state index in [1.165, 1.54) is 0 Å². The van der Waals surface area contributed by atoms with Crippen molar-refractivity contribution in [1.29, 1.82) is 0 Å². The maximum Gasteiger partial charge on any atom is 0.256 e. The highest BCUT2D eigenvalue weighted by Gasteiger charge is 2.15. The van der Waals surface area contributed by atoms with Crippen LogP contribution in [-0.4, -0.2) is 28.7 Å². The summed E-state index contributed by atoms with van der Waals surface area (Å²) in [7, 11) is 0. The first-order chi connectivity index (χ1) is 5.85. The highest BCUT2D eigenvalue weighted by Crippen LogP contribution is 2.53. The Morgan fingerprint density at radius 3 is 2.23 bits per heavy atom. The standard InChI is InChI=1S/C4H10ClO2PS.C3H9N/c1-2-9-8(6,7)4-3-5;1-3(2)4/h2-4H2,1H3,(H,6,7);3H,4H2,1-2H3. The largest absolute Gasteiger partial charge is 0.337 e. The molecule has 0 amide bonds. The van der Waals surface area contributed by atoms with E-state index in [2.05, 4.69) is 0 Å². The Kier molecular flexibility index (Phi) is 11.7. The van der Waals surface area contributed by atoms with Crippen LogP contribution in [0.15, 0.2) is 0 Å². The topological polar surface area (TPSA) is 63.3 Å². The van der Waals surface area contributed by atoms with Gasteiger partial charge in [-0.25, -0.2) is 0 Å². The molecule has 0 aliphatic carbocycles. The second-order valence-corrected chi connectivity index (χ2v) is 8.13. The highest BCUT2D eigenvalue weighted by atomic mass is 35.5. The molecule has 13 heavy (non-hydrogen) atoms. The van der Waals surface area contributed by atoms with Gasteiger partial charge in [0.2, 0.25) is 0 Å². The number of rotatable bonds is 4. The summed E-state index contributed by atoms with van der Waals surface area (Å²) < 4.78 is 10.8. The molecular weight excluding hydrogens is 229 g/mol. The van der Waals surface area contributed by atoms with Gasteiger partial charge in [-0.3, -0.25) is 4.57 Å². The molecule has 3 nitrogen and oxygen atoms in total. The third-order valence-corrected chi connectivity index (χ3v) is 5.13. The molecule has 0 fully saturated rings. The van der Waals surface area contributed by atoms with Crippen LogP contribution in [-0.2, 0) is 4.57 Å². The van der Waals surface area contributed by atoms with E-state index in [1.54, 1.807) is 0 Å². The fourth-order valence-electron chi connectivity index (χ4n) is 0.373. The lowest BCUT2D eigenvalue weighted by atomic mass is 10.5. The maximum atomic E-state index is 10.8. The lowest BCUT2D eigenvalue weighted by Gasteiger charge is -2.05. The van der Waals surface area contributed by atoms with Crippen molar-refractivity contribution in [3.05, 3.63) is 0 Å². The summed E-state index contributed by atoms with van der Waals surface area (Å²) in [6, 6.07) is 0.333. The lowest BCUT2D eigenvalue weighted by molar-refractivity contribution is 0.498. The molecule has 0 heterocycles. The first-order valence-corrected chi connectivity index (χ1v) is 8.10. The molecule has 1 unspecified atom stereocenters. The van der Waals surface area contributed by atoms with E-state index in [4.69, 9.17) is 22.2 Å². The van der Waals surface area contributed by atoms with Crippen LogP contribution in [0.3, 0.4) is 0 Å². The van der Waals surface area contributed by atoms with Gasteiger partial charge in [-0.05, 0) is 11.8 Å². The fourth-order valence-corrected chi connectivity index (χ4v) is 3.98. The zero-order valence-corrected chi connectivity index (χ0v) is 10.8. The molecule has 0 aliphatic rings. The molecular formula is C7H19ClNO2PS. The Balaban J connectivity index is 0. The van der Waals surface area contributed by atoms with Gasteiger partial charge in [-0.15, -0.1) is 11.6 Å². The van der Waals surface area contributed by atoms with Crippen molar-refractivity contribution in [2.45, 2.75) is 26.8 Å². The van der Waals surface area contributed by atoms with Crippen LogP contribution in [0.2, 0.25) is 0 Å². The summed E-state index contributed by atoms with van der Waals surface area (Å²) in [5.74, 6) is 0.936. The predicted octanol–water partition coefficient (Wildman–Crippen LogP) is 2.52. The quantitative estimate of drug-likeness (QED) is 0.592. The van der Waals surface area contributed by atoms with Crippen molar-refractivity contribution < 1.29 is 9.46 Å². The monoisotopic (exact) mass is 247 g/mol. The summed E-state index contributed by atoms with van der Waals surface area (Å²) in [5, 5.41) is 0. The van der Waals surface area contributed by atoms with Gasteiger partial charge in [0.25, 0.3) is 6.57 Å². The lowest BCUT2D eigenvalue weighted by Crippen LogP contribution is -2.06. The average molecular weight is 248 g/mol. The van der Waals surface area contributed by atoms with Crippen LogP contribution in [0.25, 0.3) is 0 Å². The first kappa shape index (κ1) is 16.2. The molecule has 0 radical (unpaired) electrons. The van der Waals surface area contributed by atoms with Gasteiger partial charge in [-0.2, -0.15) is 0 Å². The first-order valence-electron chi connectivity index (χ1n) is 4.13. The Morgan fingerprint density at radius 1 is 1.62 bits per heavy atom. The van der Waals surface area contributed by atoms with E-state index in [0.29, 0.717) is 11.8 Å². The van der Waals surface area contributed by atoms with Gasteiger partial charge in [0.1, 0.15) is 0 Å². The zero-order chi connectivity index (χ0) is 10.9. The summed E-state index contributed by atoms with van der Waals surface area (Å²) in [6.07, 6.45) is 0.215. The smallest absolute Gasteiger partial charge is 0.256 e. The van der Waals surface area contributed by atoms with Crippen molar-refractivity contribution in [3.8, 4) is 0 Å². The van der Waals surface area contributed by atoms with Crippen molar-refractivity contribution in [3.63, 3.8) is 0 Å². The van der Waals surface area contributed by atoms with E-state index in [-0.39, 0.29) is 12.0 Å². The van der Waals surface area contributed by atoms with Crippen LogP contribution in [0.5, 0.6) is 0 Å². The minimum absolute atomic E-state index is 0.215. The minimum Gasteiger partial charge on any atom is -0.337 e. The number of hydrogen-bond donors (Lipinski definition) is 2. The summed E-state index contributed by atoms with van der Waals surface area (Å²) >= 11 is 6.36. The van der Waals surface area contributed by atoms with Gasteiger partial charge in [0.15, 0.2) is 0 Å².